The zero-order chi connectivity index (χ0) is 35.3. The number of fused-ring (bicyclic) bond motifs is 7. The van der Waals surface area contributed by atoms with Crippen LogP contribution in [0.1, 0.15) is 53.5 Å². The van der Waals surface area contributed by atoms with Crippen LogP contribution in [0.2, 0.25) is 0 Å². The summed E-state index contributed by atoms with van der Waals surface area (Å²) >= 11 is -1.10. The Hall–Kier alpha value is -4.30. The van der Waals surface area contributed by atoms with Gasteiger partial charge in [-0.3, -0.25) is 0 Å². The first-order valence-corrected chi connectivity index (χ1v) is 26.3. The molecule has 8 aromatic carbocycles. The van der Waals surface area contributed by atoms with Crippen LogP contribution in [-0.4, -0.2) is 5.92 Å². The summed E-state index contributed by atoms with van der Waals surface area (Å²) in [5, 5.41) is 8.46. The van der Waals surface area contributed by atoms with Crippen LogP contribution < -0.4 is 38.5 Å². The minimum Gasteiger partial charge on any atom is -1.00 e. The van der Waals surface area contributed by atoms with Gasteiger partial charge in [0.1, 0.15) is 0 Å². The van der Waals surface area contributed by atoms with Gasteiger partial charge in [-0.2, -0.15) is 0 Å². The maximum Gasteiger partial charge on any atom is -1.00 e. The molecule has 0 saturated carbocycles. The van der Waals surface area contributed by atoms with Crippen molar-refractivity contribution in [1.29, 1.82) is 0 Å². The molecule has 0 nitrogen and oxygen atoms in total. The number of allylic oxidation sites excluding steroid dienone is 1. The molecule has 2 aliphatic carbocycles. The topological polar surface area (TPSA) is 0 Å². The summed E-state index contributed by atoms with van der Waals surface area (Å²) in [5.74, 6) is -1.16. The predicted octanol–water partition coefficient (Wildman–Crippen LogP) is 4.81. The second kappa shape index (κ2) is 16.0. The fourth-order valence-corrected chi connectivity index (χ4v) is 22.2. The zero-order valence-electron chi connectivity index (χ0n) is 30.8. The monoisotopic (exact) mass is 840 g/mol. The first kappa shape index (κ1) is 37.6. The third-order valence-corrected chi connectivity index (χ3v) is 24.7. The fourth-order valence-electron chi connectivity index (χ4n) is 9.32. The molecule has 1 atom stereocenters. The molecule has 8 aromatic rings. The number of rotatable bonds is 8. The van der Waals surface area contributed by atoms with E-state index in [9.17, 15) is 0 Å². The molecule has 0 spiro atoms. The van der Waals surface area contributed by atoms with Crippen molar-refractivity contribution in [3.8, 4) is 22.3 Å². The van der Waals surface area contributed by atoms with Gasteiger partial charge in [-0.25, -0.2) is 0 Å². The molecule has 0 bridgehead atoms. The molecule has 4 heteroatoms. The van der Waals surface area contributed by atoms with Crippen molar-refractivity contribution >= 4 is 47.2 Å². The summed E-state index contributed by atoms with van der Waals surface area (Å²) in [5.41, 5.74) is 14.8. The average Bonchev–Trinajstić information content (AvgIpc) is 3.78. The quantitative estimate of drug-likeness (QED) is 0.152. The van der Waals surface area contributed by atoms with Gasteiger partial charge in [0.15, 0.2) is 0 Å². The Morgan fingerprint density at radius 3 is 1.95 bits per heavy atom. The molecule has 266 valence electrons. The van der Waals surface area contributed by atoms with Crippen LogP contribution in [0, 0.1) is 0 Å². The fraction of sp³-hybridized carbons (Fsp3) is 0.0980. The van der Waals surface area contributed by atoms with E-state index in [1.54, 1.807) is 30.3 Å². The van der Waals surface area contributed by atoms with Crippen molar-refractivity contribution < 1.29 is 47.2 Å². The maximum atomic E-state index is 2.61. The molecule has 0 saturated heterocycles. The van der Waals surface area contributed by atoms with Gasteiger partial charge in [-0.05, 0) is 0 Å². The molecule has 0 fully saturated rings. The number of hydrogen-bond donors (Lipinski definition) is 0. The Morgan fingerprint density at radius 2 is 1.20 bits per heavy atom. The van der Waals surface area contributed by atoms with Crippen molar-refractivity contribution in [2.75, 3.05) is 0 Å². The molecule has 10 rings (SSSR count). The van der Waals surface area contributed by atoms with Gasteiger partial charge < -0.3 is 24.8 Å². The summed E-state index contributed by atoms with van der Waals surface area (Å²) in [7, 11) is 0. The van der Waals surface area contributed by atoms with E-state index in [1.165, 1.54) is 60.5 Å². The molecule has 0 N–H and O–H groups in total. The molecule has 0 aliphatic heterocycles. The first-order chi connectivity index (χ1) is 26.3. The minimum atomic E-state index is -1.43. The van der Waals surface area contributed by atoms with E-state index in [1.807, 2.05) is 0 Å². The Bertz CT molecular complexity index is 2660. The average molecular weight is 843 g/mol. The van der Waals surface area contributed by atoms with Gasteiger partial charge in [0, 0.05) is 0 Å². The number of hydrogen-bond acceptors (Lipinski definition) is 0. The third kappa shape index (κ3) is 6.62. The molecule has 2 aliphatic rings. The molecule has 0 radical (unpaired) electrons. The Labute approximate surface area is 349 Å². The van der Waals surface area contributed by atoms with Crippen molar-refractivity contribution in [1.82, 2.24) is 0 Å². The van der Waals surface area contributed by atoms with Gasteiger partial charge in [-0.15, -0.1) is 0 Å². The van der Waals surface area contributed by atoms with E-state index in [4.69, 9.17) is 0 Å². The van der Waals surface area contributed by atoms with Crippen molar-refractivity contribution in [3.05, 3.63) is 203 Å². The van der Waals surface area contributed by atoms with Gasteiger partial charge in [0.25, 0.3) is 0 Å². The smallest absolute Gasteiger partial charge is 1.00 e. The Morgan fingerprint density at radius 1 is 0.564 bits per heavy atom. The molecule has 0 amide bonds. The van der Waals surface area contributed by atoms with Crippen LogP contribution in [0.4, 0.5) is 0 Å². The van der Waals surface area contributed by atoms with Gasteiger partial charge >= 0.3 is 327 Å². The van der Waals surface area contributed by atoms with E-state index in [2.05, 4.69) is 183 Å². The Kier molecular flexibility index (Phi) is 11.0. The molecule has 0 heterocycles. The SMILES string of the molecule is CCCC1=Cc2c(-c3cc4ccccc4c4ccccc34)cccc2C1c1[c]([Zr+2][SiH](c2ccccc2)c2ccccc2)ccc2c1Cc1ccccc1-2.[Cl-].[Cl-]. The largest absolute Gasteiger partial charge is 1.00 e. The van der Waals surface area contributed by atoms with E-state index in [0.29, 0.717) is 0 Å². The molecule has 55 heavy (non-hydrogen) atoms. The van der Waals surface area contributed by atoms with Gasteiger partial charge in [0.2, 0.25) is 0 Å². The van der Waals surface area contributed by atoms with Crippen LogP contribution in [0.3, 0.4) is 0 Å². The zero-order valence-corrected chi connectivity index (χ0v) is 35.9. The van der Waals surface area contributed by atoms with E-state index >= 15 is 0 Å². The normalized spacial score (nSPS) is 13.7. The molecular weight excluding hydrogens is 803 g/mol. The van der Waals surface area contributed by atoms with Crippen LogP contribution in [0.15, 0.2) is 175 Å². The second-order valence-corrected chi connectivity index (χ2v) is 24.9. The van der Waals surface area contributed by atoms with Gasteiger partial charge in [-0.1, -0.05) is 0 Å². The van der Waals surface area contributed by atoms with Crippen LogP contribution in [0.25, 0.3) is 49.9 Å². The van der Waals surface area contributed by atoms with Crippen molar-refractivity contribution in [3.63, 3.8) is 0 Å². The molecule has 1 unspecified atom stereocenters. The van der Waals surface area contributed by atoms with Crippen LogP contribution in [0.5, 0.6) is 0 Å². The standard InChI is InChI=1S/C39H29.C12H11Si.2ClH.Zr/c1-2-11-27-24-38-33(36-22-25-12-3-5-14-28(25)30-16-7-8-17-32(30)36)19-10-21-35(38)39(27)34-20-9-18-31-29-15-6-4-13-26(29)23-37(31)34;1-3-7-11(8-4-1)13-12-9-5-2-6-10-12;;;/h3-10,12-19,21-22,24,39H,2,11,23H2,1H3;1-10,13H;2*1H;/q;;;;+2/p-2. The molecule has 0 aromatic heterocycles. The third-order valence-electron chi connectivity index (χ3n) is 11.6. The van der Waals surface area contributed by atoms with E-state index < -0.39 is 28.3 Å². The predicted molar refractivity (Wildman–Crippen MR) is 225 cm³/mol. The first-order valence-electron chi connectivity index (χ1n) is 19.1. The van der Waals surface area contributed by atoms with E-state index in [0.717, 1.165) is 19.3 Å². The van der Waals surface area contributed by atoms with Crippen LogP contribution >= 0.6 is 0 Å². The summed E-state index contributed by atoms with van der Waals surface area (Å²) in [6.45, 7) is 2.36. The summed E-state index contributed by atoms with van der Waals surface area (Å²) in [6, 6.07) is 64.8. The van der Waals surface area contributed by atoms with Crippen molar-refractivity contribution in [2.24, 2.45) is 0 Å². The Balaban J connectivity index is 0.00000214. The van der Waals surface area contributed by atoms with E-state index in [-0.39, 0.29) is 30.7 Å². The maximum absolute atomic E-state index is 2.61. The molecular formula is C51H40Cl2SiZr. The summed E-state index contributed by atoms with van der Waals surface area (Å²) in [6.07, 6.45) is 5.89. The summed E-state index contributed by atoms with van der Waals surface area (Å²) in [4.78, 5) is 0. The number of halogens is 2. The second-order valence-electron chi connectivity index (χ2n) is 14.7. The minimum absolute atomic E-state index is 0. The van der Waals surface area contributed by atoms with Gasteiger partial charge in [0.05, 0.1) is 0 Å². The van der Waals surface area contributed by atoms with Crippen molar-refractivity contribution in [2.45, 2.75) is 32.1 Å². The summed E-state index contributed by atoms with van der Waals surface area (Å²) < 4.78 is 1.70. The number of benzene rings is 8. The van der Waals surface area contributed by atoms with Crippen LogP contribution in [-0.2, 0) is 28.8 Å².